The number of sulfonamides is 1. The molecule has 0 saturated carbocycles. The van der Waals surface area contributed by atoms with Crippen molar-refractivity contribution in [3.05, 3.63) is 30.3 Å². The van der Waals surface area contributed by atoms with Crippen LogP contribution in [-0.4, -0.2) is 21.5 Å². The molecule has 0 heterocycles. The van der Waals surface area contributed by atoms with Crippen molar-refractivity contribution < 1.29 is 12.8 Å². The fourth-order valence-electron chi connectivity index (χ4n) is 0.872. The first-order chi connectivity index (χ1) is 6.08. The third-order valence-electron chi connectivity index (χ3n) is 1.67. The summed E-state index contributed by atoms with van der Waals surface area (Å²) in [6.07, 6.45) is 0. The van der Waals surface area contributed by atoms with Crippen LogP contribution in [0.15, 0.2) is 30.3 Å². The van der Waals surface area contributed by atoms with Gasteiger partial charge in [0.25, 0.3) is 10.0 Å². The Kier molecular flexibility index (Phi) is 2.87. The Hall–Kier alpha value is -1.10. The van der Waals surface area contributed by atoms with Gasteiger partial charge in [0, 0.05) is 7.05 Å². The molecule has 0 unspecified atom stereocenters. The minimum Gasteiger partial charge on any atom is -0.271 e. The average molecular weight is 203 g/mol. The smallest absolute Gasteiger partial charge is 0.264 e. The van der Waals surface area contributed by atoms with Crippen molar-refractivity contribution in [2.24, 2.45) is 0 Å². The highest BCUT2D eigenvalue weighted by atomic mass is 32.2. The number of hydrogen-bond donors (Lipinski definition) is 0. The zero-order valence-corrected chi connectivity index (χ0v) is 7.96. The largest absolute Gasteiger partial charge is 0.271 e. The van der Waals surface area contributed by atoms with E-state index in [1.165, 1.54) is 7.05 Å². The summed E-state index contributed by atoms with van der Waals surface area (Å²) >= 11 is 0. The number of para-hydroxylation sites is 1. The zero-order valence-electron chi connectivity index (χ0n) is 7.14. The molecule has 13 heavy (non-hydrogen) atoms. The third-order valence-corrected chi connectivity index (χ3v) is 3.00. The molecular weight excluding hydrogens is 193 g/mol. The maximum absolute atomic E-state index is 12.1. The molecule has 0 atom stereocenters. The second-order valence-corrected chi connectivity index (χ2v) is 4.45. The van der Waals surface area contributed by atoms with Gasteiger partial charge in [-0.1, -0.05) is 18.2 Å². The minimum absolute atomic E-state index is 0.458. The fraction of sp³-hybridized carbons (Fsp3) is 0.250. The predicted octanol–water partition coefficient (Wildman–Crippen LogP) is 1.38. The molecule has 0 amide bonds. The Morgan fingerprint density at radius 2 is 1.85 bits per heavy atom. The summed E-state index contributed by atoms with van der Waals surface area (Å²) in [5.74, 6) is 0. The van der Waals surface area contributed by atoms with Crippen LogP contribution < -0.4 is 4.31 Å². The van der Waals surface area contributed by atoms with Crippen molar-refractivity contribution >= 4 is 15.7 Å². The Morgan fingerprint density at radius 1 is 1.31 bits per heavy atom. The van der Waals surface area contributed by atoms with Crippen molar-refractivity contribution in [1.29, 1.82) is 0 Å². The van der Waals surface area contributed by atoms with E-state index in [0.29, 0.717) is 5.69 Å². The summed E-state index contributed by atoms with van der Waals surface area (Å²) in [4.78, 5) is 0. The molecule has 0 fully saturated rings. The highest BCUT2D eigenvalue weighted by Gasteiger charge is 2.16. The molecule has 0 radical (unpaired) electrons. The Labute approximate surface area is 76.8 Å². The summed E-state index contributed by atoms with van der Waals surface area (Å²) in [7, 11) is -2.46. The van der Waals surface area contributed by atoms with Crippen LogP contribution in [0, 0.1) is 0 Å². The van der Waals surface area contributed by atoms with Gasteiger partial charge in [0.2, 0.25) is 6.01 Å². The van der Waals surface area contributed by atoms with Gasteiger partial charge < -0.3 is 0 Å². The molecule has 0 aliphatic carbocycles. The van der Waals surface area contributed by atoms with Crippen LogP contribution in [0.2, 0.25) is 0 Å². The summed E-state index contributed by atoms with van der Waals surface area (Å²) in [6, 6.07) is 6.98. The van der Waals surface area contributed by atoms with Gasteiger partial charge >= 0.3 is 0 Å². The Balaban J connectivity index is 2.99. The quantitative estimate of drug-likeness (QED) is 0.744. The SMILES string of the molecule is CN(c1ccccc1)S(=O)(=O)CF. The van der Waals surface area contributed by atoms with E-state index in [-0.39, 0.29) is 0 Å². The molecule has 0 N–H and O–H groups in total. The maximum atomic E-state index is 12.1. The number of hydrogen-bond acceptors (Lipinski definition) is 2. The molecule has 0 saturated heterocycles. The topological polar surface area (TPSA) is 37.4 Å². The molecular formula is C8H10FNO2S. The Bertz CT molecular complexity index is 363. The van der Waals surface area contributed by atoms with Crippen molar-refractivity contribution in [2.75, 3.05) is 17.4 Å². The lowest BCUT2D eigenvalue weighted by Crippen LogP contribution is -2.27. The molecule has 1 rings (SSSR count). The van der Waals surface area contributed by atoms with E-state index in [4.69, 9.17) is 0 Å². The molecule has 72 valence electrons. The second-order valence-electron chi connectivity index (χ2n) is 2.52. The van der Waals surface area contributed by atoms with Gasteiger partial charge in [0.05, 0.1) is 5.69 Å². The van der Waals surface area contributed by atoms with Gasteiger partial charge in [-0.3, -0.25) is 4.31 Å². The fourth-order valence-corrected chi connectivity index (χ4v) is 1.46. The van der Waals surface area contributed by atoms with Gasteiger partial charge in [-0.15, -0.1) is 0 Å². The summed E-state index contributed by atoms with van der Waals surface area (Å²) in [5.41, 5.74) is 0.458. The molecule has 3 nitrogen and oxygen atoms in total. The monoisotopic (exact) mass is 203 g/mol. The van der Waals surface area contributed by atoms with E-state index >= 15 is 0 Å². The number of rotatable bonds is 3. The normalized spacial score (nSPS) is 11.2. The van der Waals surface area contributed by atoms with Crippen LogP contribution in [-0.2, 0) is 10.0 Å². The molecule has 0 bridgehead atoms. The van der Waals surface area contributed by atoms with Gasteiger partial charge in [-0.05, 0) is 12.1 Å². The van der Waals surface area contributed by atoms with Gasteiger partial charge in [0.15, 0.2) is 0 Å². The molecule has 0 aliphatic rings. The summed E-state index contributed by atoms with van der Waals surface area (Å²) < 4.78 is 35.1. The lowest BCUT2D eigenvalue weighted by Gasteiger charge is -2.16. The second kappa shape index (κ2) is 3.74. The number of anilines is 1. The van der Waals surface area contributed by atoms with Crippen molar-refractivity contribution in [2.45, 2.75) is 0 Å². The first kappa shape index (κ1) is 9.98. The number of alkyl halides is 1. The number of benzene rings is 1. The molecule has 0 spiro atoms. The number of halogens is 1. The lowest BCUT2D eigenvalue weighted by molar-refractivity contribution is 0.533. The average Bonchev–Trinajstić information content (AvgIpc) is 2.18. The van der Waals surface area contributed by atoms with Crippen LogP contribution in [0.1, 0.15) is 0 Å². The van der Waals surface area contributed by atoms with Crippen LogP contribution in [0.4, 0.5) is 10.1 Å². The minimum atomic E-state index is -3.78. The standard InChI is InChI=1S/C8H10FNO2S/c1-10(13(11,12)7-9)8-5-3-2-4-6-8/h2-6H,7H2,1H3. The molecule has 1 aromatic rings. The maximum Gasteiger partial charge on any atom is 0.264 e. The predicted molar refractivity (Wildman–Crippen MR) is 49.7 cm³/mol. The van der Waals surface area contributed by atoms with Gasteiger partial charge in [0.1, 0.15) is 0 Å². The highest BCUT2D eigenvalue weighted by Crippen LogP contribution is 2.14. The van der Waals surface area contributed by atoms with Crippen LogP contribution in [0.5, 0.6) is 0 Å². The van der Waals surface area contributed by atoms with Gasteiger partial charge in [-0.25, -0.2) is 12.8 Å². The lowest BCUT2D eigenvalue weighted by atomic mass is 10.3. The summed E-state index contributed by atoms with van der Waals surface area (Å²) in [5, 5.41) is 0. The van der Waals surface area contributed by atoms with E-state index in [9.17, 15) is 12.8 Å². The van der Waals surface area contributed by atoms with E-state index in [0.717, 1.165) is 4.31 Å². The summed E-state index contributed by atoms with van der Waals surface area (Å²) in [6.45, 7) is 0. The van der Waals surface area contributed by atoms with Crippen LogP contribution in [0.25, 0.3) is 0 Å². The molecule has 5 heteroatoms. The Morgan fingerprint density at radius 3 is 2.31 bits per heavy atom. The molecule has 0 aliphatic heterocycles. The van der Waals surface area contributed by atoms with Gasteiger partial charge in [-0.2, -0.15) is 0 Å². The van der Waals surface area contributed by atoms with Crippen molar-refractivity contribution in [1.82, 2.24) is 0 Å². The van der Waals surface area contributed by atoms with E-state index in [1.54, 1.807) is 30.3 Å². The number of nitrogens with zero attached hydrogens (tertiary/aromatic N) is 1. The van der Waals surface area contributed by atoms with E-state index < -0.39 is 16.0 Å². The highest BCUT2D eigenvalue weighted by molar-refractivity contribution is 7.92. The van der Waals surface area contributed by atoms with E-state index in [2.05, 4.69) is 0 Å². The molecule has 1 aromatic carbocycles. The van der Waals surface area contributed by atoms with Crippen LogP contribution in [0.3, 0.4) is 0 Å². The third kappa shape index (κ3) is 2.18. The molecule has 0 aromatic heterocycles. The van der Waals surface area contributed by atoms with Crippen molar-refractivity contribution in [3.63, 3.8) is 0 Å². The van der Waals surface area contributed by atoms with Crippen LogP contribution >= 0.6 is 0 Å². The zero-order chi connectivity index (χ0) is 9.90. The van der Waals surface area contributed by atoms with E-state index in [1.807, 2.05) is 0 Å². The first-order valence-corrected chi connectivity index (χ1v) is 5.26. The van der Waals surface area contributed by atoms with Crippen molar-refractivity contribution in [3.8, 4) is 0 Å². The first-order valence-electron chi connectivity index (χ1n) is 3.65.